The molecule has 94 valence electrons. The summed E-state index contributed by atoms with van der Waals surface area (Å²) in [6.45, 7) is 2.05. The minimum Gasteiger partial charge on any atom is -0.474 e. The maximum absolute atomic E-state index is 6.05. The second kappa shape index (κ2) is 5.24. The quantitative estimate of drug-likeness (QED) is 0.925. The van der Waals surface area contributed by atoms with Gasteiger partial charge in [-0.2, -0.15) is 0 Å². The van der Waals surface area contributed by atoms with Gasteiger partial charge in [-0.05, 0) is 47.9 Å². The molecule has 1 aliphatic rings. The van der Waals surface area contributed by atoms with Gasteiger partial charge in [0.2, 0.25) is 5.88 Å². The summed E-state index contributed by atoms with van der Waals surface area (Å²) in [7, 11) is 0. The smallest absolute Gasteiger partial charge is 0.221 e. The van der Waals surface area contributed by atoms with Crippen LogP contribution in [0.15, 0.2) is 34.9 Å². The summed E-state index contributed by atoms with van der Waals surface area (Å²) in [5.74, 6) is 0.751. The highest BCUT2D eigenvalue weighted by molar-refractivity contribution is 9.10. The molecule has 0 spiro atoms. The summed E-state index contributed by atoms with van der Waals surface area (Å²) in [6, 6.07) is 8.19. The van der Waals surface area contributed by atoms with Gasteiger partial charge in [0.25, 0.3) is 0 Å². The van der Waals surface area contributed by atoms with Gasteiger partial charge in [0.1, 0.15) is 6.10 Å². The Morgan fingerprint density at radius 3 is 2.67 bits per heavy atom. The van der Waals surface area contributed by atoms with Crippen LogP contribution >= 0.6 is 15.9 Å². The molecule has 2 aromatic rings. The Balaban J connectivity index is 1.94. The van der Waals surface area contributed by atoms with Crippen LogP contribution in [0, 0.1) is 0 Å². The first-order valence-corrected chi connectivity index (χ1v) is 7.04. The van der Waals surface area contributed by atoms with E-state index in [2.05, 4.69) is 38.4 Å². The molecule has 0 aliphatic carbocycles. The molecule has 1 saturated heterocycles. The van der Waals surface area contributed by atoms with E-state index in [1.807, 2.05) is 18.3 Å². The first-order chi connectivity index (χ1) is 8.84. The lowest BCUT2D eigenvalue weighted by atomic mass is 10.1. The van der Waals surface area contributed by atoms with E-state index in [0.29, 0.717) is 0 Å². The molecule has 0 atom stereocenters. The molecule has 1 aromatic carbocycles. The zero-order valence-corrected chi connectivity index (χ0v) is 11.6. The molecule has 0 amide bonds. The third kappa shape index (κ3) is 2.35. The van der Waals surface area contributed by atoms with Gasteiger partial charge in [-0.1, -0.05) is 18.2 Å². The Labute approximate surface area is 115 Å². The number of hydrogen-bond donors (Lipinski definition) is 1. The number of halogens is 1. The minimum absolute atomic E-state index is 0.281. The lowest BCUT2D eigenvalue weighted by Crippen LogP contribution is -2.34. The van der Waals surface area contributed by atoms with Crippen molar-refractivity contribution in [2.75, 3.05) is 13.1 Å². The number of nitrogens with one attached hydrogen (secondary N) is 1. The zero-order valence-electron chi connectivity index (χ0n) is 10.0. The Kier molecular flexibility index (Phi) is 3.48. The third-order valence-corrected chi connectivity index (χ3v) is 3.91. The Hall–Kier alpha value is -1.13. The molecule has 4 heteroatoms. The van der Waals surface area contributed by atoms with Crippen LogP contribution in [0.1, 0.15) is 12.8 Å². The van der Waals surface area contributed by atoms with Crippen molar-refractivity contribution in [3.05, 3.63) is 34.9 Å². The van der Waals surface area contributed by atoms with Crippen LogP contribution in [0.2, 0.25) is 0 Å². The molecule has 0 saturated carbocycles. The van der Waals surface area contributed by atoms with E-state index >= 15 is 0 Å². The molecule has 3 nitrogen and oxygen atoms in total. The fourth-order valence-electron chi connectivity index (χ4n) is 2.30. The maximum Gasteiger partial charge on any atom is 0.221 e. The van der Waals surface area contributed by atoms with Crippen LogP contribution in [0.4, 0.5) is 0 Å². The summed E-state index contributed by atoms with van der Waals surface area (Å²) in [4.78, 5) is 4.41. The van der Waals surface area contributed by atoms with Gasteiger partial charge < -0.3 is 10.1 Å². The van der Waals surface area contributed by atoms with Crippen LogP contribution in [0.3, 0.4) is 0 Å². The molecular weight excluding hydrogens is 292 g/mol. The molecule has 0 bridgehead atoms. The second-order valence-electron chi connectivity index (χ2n) is 4.52. The van der Waals surface area contributed by atoms with Gasteiger partial charge in [0.05, 0.1) is 0 Å². The summed E-state index contributed by atoms with van der Waals surface area (Å²) in [6.07, 6.45) is 4.19. The van der Waals surface area contributed by atoms with E-state index in [9.17, 15) is 0 Å². The number of fused-ring (bicyclic) bond motifs is 1. The third-order valence-electron chi connectivity index (χ3n) is 3.27. The molecule has 2 heterocycles. The number of aromatic nitrogens is 1. The predicted octanol–water partition coefficient (Wildman–Crippen LogP) is 3.13. The summed E-state index contributed by atoms with van der Waals surface area (Å²) >= 11 is 3.53. The van der Waals surface area contributed by atoms with Gasteiger partial charge >= 0.3 is 0 Å². The standard InChI is InChI=1S/C14H15BrN2O/c15-13-9-17-14(12-4-2-1-3-11(12)13)18-10-5-7-16-8-6-10/h1-4,9-10,16H,5-8H2. The van der Waals surface area contributed by atoms with Crippen LogP contribution in [-0.2, 0) is 0 Å². The van der Waals surface area contributed by atoms with E-state index < -0.39 is 0 Å². The number of nitrogens with zero attached hydrogens (tertiary/aromatic N) is 1. The van der Waals surface area contributed by atoms with Crippen molar-refractivity contribution in [1.82, 2.24) is 10.3 Å². The van der Waals surface area contributed by atoms with Gasteiger partial charge in [-0.25, -0.2) is 4.98 Å². The number of hydrogen-bond acceptors (Lipinski definition) is 3. The second-order valence-corrected chi connectivity index (χ2v) is 5.38. The van der Waals surface area contributed by atoms with E-state index in [0.717, 1.165) is 47.1 Å². The average molecular weight is 307 g/mol. The van der Waals surface area contributed by atoms with Crippen LogP contribution in [-0.4, -0.2) is 24.2 Å². The van der Waals surface area contributed by atoms with E-state index in [1.165, 1.54) is 0 Å². The Morgan fingerprint density at radius 1 is 1.17 bits per heavy atom. The highest BCUT2D eigenvalue weighted by Crippen LogP contribution is 2.30. The summed E-state index contributed by atoms with van der Waals surface area (Å²) in [5.41, 5.74) is 0. The average Bonchev–Trinajstić information content (AvgIpc) is 2.44. The van der Waals surface area contributed by atoms with Crippen LogP contribution in [0.5, 0.6) is 5.88 Å². The van der Waals surface area contributed by atoms with Crippen LogP contribution < -0.4 is 10.1 Å². The fraction of sp³-hybridized carbons (Fsp3) is 0.357. The van der Waals surface area contributed by atoms with Crippen molar-refractivity contribution in [1.29, 1.82) is 0 Å². The molecule has 0 radical (unpaired) electrons. The van der Waals surface area contributed by atoms with Gasteiger partial charge in [0, 0.05) is 21.4 Å². The topological polar surface area (TPSA) is 34.1 Å². The molecule has 1 fully saturated rings. The molecule has 1 aliphatic heterocycles. The normalized spacial score (nSPS) is 16.9. The number of benzene rings is 1. The molecule has 3 rings (SSSR count). The van der Waals surface area contributed by atoms with Crippen molar-refractivity contribution in [2.24, 2.45) is 0 Å². The molecule has 0 unspecified atom stereocenters. The first-order valence-electron chi connectivity index (χ1n) is 6.25. The largest absolute Gasteiger partial charge is 0.474 e. The summed E-state index contributed by atoms with van der Waals surface area (Å²) < 4.78 is 7.06. The minimum atomic E-state index is 0.281. The van der Waals surface area contributed by atoms with E-state index in [-0.39, 0.29) is 6.10 Å². The molecular formula is C14H15BrN2O. The van der Waals surface area contributed by atoms with Crippen molar-refractivity contribution in [3.8, 4) is 5.88 Å². The fourth-order valence-corrected chi connectivity index (χ4v) is 2.75. The lowest BCUT2D eigenvalue weighted by Gasteiger charge is -2.23. The zero-order chi connectivity index (χ0) is 12.4. The van der Waals surface area contributed by atoms with Crippen LogP contribution in [0.25, 0.3) is 10.8 Å². The monoisotopic (exact) mass is 306 g/mol. The number of rotatable bonds is 2. The molecule has 1 N–H and O–H groups in total. The van der Waals surface area contributed by atoms with Gasteiger partial charge in [0.15, 0.2) is 0 Å². The number of pyridine rings is 1. The van der Waals surface area contributed by atoms with Crippen molar-refractivity contribution < 1.29 is 4.74 Å². The van der Waals surface area contributed by atoms with Gasteiger partial charge in [-0.3, -0.25) is 0 Å². The number of piperidine rings is 1. The Morgan fingerprint density at radius 2 is 1.89 bits per heavy atom. The lowest BCUT2D eigenvalue weighted by molar-refractivity contribution is 0.158. The van der Waals surface area contributed by atoms with Crippen molar-refractivity contribution >= 4 is 26.7 Å². The van der Waals surface area contributed by atoms with E-state index in [1.54, 1.807) is 0 Å². The SMILES string of the molecule is Brc1cnc(OC2CCNCC2)c2ccccc12. The molecule has 1 aromatic heterocycles. The van der Waals surface area contributed by atoms with Crippen molar-refractivity contribution in [2.45, 2.75) is 18.9 Å². The van der Waals surface area contributed by atoms with Gasteiger partial charge in [-0.15, -0.1) is 0 Å². The maximum atomic E-state index is 6.05. The molecule has 18 heavy (non-hydrogen) atoms. The van der Waals surface area contributed by atoms with Crippen molar-refractivity contribution in [3.63, 3.8) is 0 Å². The highest BCUT2D eigenvalue weighted by atomic mass is 79.9. The predicted molar refractivity (Wildman–Crippen MR) is 76.0 cm³/mol. The summed E-state index contributed by atoms with van der Waals surface area (Å²) in [5, 5.41) is 5.56. The first kappa shape index (κ1) is 11.9. The number of ether oxygens (including phenoxy) is 1. The Bertz CT molecular complexity index is 552. The van der Waals surface area contributed by atoms with E-state index in [4.69, 9.17) is 4.74 Å². The highest BCUT2D eigenvalue weighted by Gasteiger charge is 2.16.